The van der Waals surface area contributed by atoms with E-state index in [1.165, 1.54) is 10.6 Å². The summed E-state index contributed by atoms with van der Waals surface area (Å²) >= 11 is 0. The number of nitriles is 1. The third-order valence-electron chi connectivity index (χ3n) is 4.87. The lowest BCUT2D eigenvalue weighted by atomic mass is 10.1. The van der Waals surface area contributed by atoms with E-state index < -0.39 is 35.6 Å². The maximum absolute atomic E-state index is 13.5. The van der Waals surface area contributed by atoms with Crippen molar-refractivity contribution in [3.63, 3.8) is 0 Å². The Bertz CT molecular complexity index is 1110. The van der Waals surface area contributed by atoms with Crippen molar-refractivity contribution < 1.29 is 31.9 Å². The summed E-state index contributed by atoms with van der Waals surface area (Å²) in [6.45, 7) is 1.03. The number of nitrogens with one attached hydrogen (secondary N) is 2. The van der Waals surface area contributed by atoms with Crippen LogP contribution >= 0.6 is 0 Å². The fraction of sp³-hybridized carbons (Fsp3) is 0.300. The normalized spacial score (nSPS) is 13.8. The quantitative estimate of drug-likeness (QED) is 0.427. The van der Waals surface area contributed by atoms with Gasteiger partial charge in [-0.25, -0.2) is 4.39 Å². The van der Waals surface area contributed by atoms with Crippen LogP contribution in [0, 0.1) is 17.1 Å². The molecule has 0 aliphatic carbocycles. The molecule has 7 nitrogen and oxygen atoms in total. The van der Waals surface area contributed by atoms with Crippen LogP contribution in [0.3, 0.4) is 0 Å². The number of carbonyl (C=O) groups excluding carboxylic acids is 3. The zero-order valence-electron chi connectivity index (χ0n) is 16.1. The molecule has 11 heteroatoms. The van der Waals surface area contributed by atoms with Crippen LogP contribution in [0.15, 0.2) is 24.3 Å². The fourth-order valence-corrected chi connectivity index (χ4v) is 3.25. The van der Waals surface area contributed by atoms with Crippen LogP contribution in [0.25, 0.3) is 0 Å². The van der Waals surface area contributed by atoms with Gasteiger partial charge in [-0.3, -0.25) is 14.4 Å². The smallest absolute Gasteiger partial charge is 0.341 e. The monoisotopic (exact) mass is 436 g/mol. The number of hydrogen-bond donors (Lipinski definition) is 2. The standard InChI is InChI=1S/C20H16F4N4O3/c1-10(20(22,23)24)26-19(31)17(29)16-8-13(15-3-2-6-28(15)16)18(30)27-12-4-5-14(21)11(7-12)9-25/h4-5,7-8,10H,2-3,6H2,1H3,(H,26,31)(H,27,30). The van der Waals surface area contributed by atoms with Crippen LogP contribution in [0.5, 0.6) is 0 Å². The van der Waals surface area contributed by atoms with Gasteiger partial charge >= 0.3 is 6.18 Å². The number of ketones is 1. The minimum atomic E-state index is -4.71. The zero-order chi connectivity index (χ0) is 22.9. The van der Waals surface area contributed by atoms with Gasteiger partial charge in [-0.15, -0.1) is 0 Å². The van der Waals surface area contributed by atoms with E-state index in [1.807, 2.05) is 0 Å². The Kier molecular flexibility index (Phi) is 5.83. The largest absolute Gasteiger partial charge is 0.408 e. The van der Waals surface area contributed by atoms with Crippen molar-refractivity contribution in [1.29, 1.82) is 5.26 Å². The first-order valence-electron chi connectivity index (χ1n) is 9.18. The van der Waals surface area contributed by atoms with Crippen LogP contribution in [0.4, 0.5) is 23.2 Å². The second kappa shape index (κ2) is 8.22. The first-order valence-corrected chi connectivity index (χ1v) is 9.18. The van der Waals surface area contributed by atoms with Gasteiger partial charge in [0.25, 0.3) is 17.6 Å². The Hall–Kier alpha value is -3.68. The van der Waals surface area contributed by atoms with Crippen molar-refractivity contribution in [2.45, 2.75) is 38.5 Å². The van der Waals surface area contributed by atoms with E-state index in [-0.39, 0.29) is 22.5 Å². The highest BCUT2D eigenvalue weighted by molar-refractivity contribution is 6.42. The first kappa shape index (κ1) is 22.0. The third-order valence-corrected chi connectivity index (χ3v) is 4.87. The van der Waals surface area contributed by atoms with Crippen molar-refractivity contribution in [1.82, 2.24) is 9.88 Å². The topological polar surface area (TPSA) is 104 Å². The molecule has 2 amide bonds. The lowest BCUT2D eigenvalue weighted by molar-refractivity contribution is -0.156. The van der Waals surface area contributed by atoms with Gasteiger partial charge in [-0.2, -0.15) is 18.4 Å². The van der Waals surface area contributed by atoms with Gasteiger partial charge in [0.2, 0.25) is 0 Å². The molecule has 3 rings (SSSR count). The van der Waals surface area contributed by atoms with Gasteiger partial charge in [-0.1, -0.05) is 0 Å². The van der Waals surface area contributed by atoms with E-state index >= 15 is 0 Å². The van der Waals surface area contributed by atoms with Crippen molar-refractivity contribution in [3.05, 3.63) is 52.6 Å². The summed E-state index contributed by atoms with van der Waals surface area (Å²) < 4.78 is 52.9. The Morgan fingerprint density at radius 2 is 1.94 bits per heavy atom. The average molecular weight is 436 g/mol. The van der Waals surface area contributed by atoms with Gasteiger partial charge < -0.3 is 15.2 Å². The molecule has 0 saturated carbocycles. The molecule has 0 fully saturated rings. The summed E-state index contributed by atoms with van der Waals surface area (Å²) in [6, 6.07) is 3.99. The number of nitrogens with zero attached hydrogens (tertiary/aromatic N) is 2. The predicted molar refractivity (Wildman–Crippen MR) is 99.8 cm³/mol. The molecule has 2 aromatic rings. The molecule has 1 atom stereocenters. The number of amides is 2. The number of fused-ring (bicyclic) bond motifs is 1. The molecule has 1 unspecified atom stereocenters. The highest BCUT2D eigenvalue weighted by atomic mass is 19.4. The summed E-state index contributed by atoms with van der Waals surface area (Å²) in [6.07, 6.45) is -3.71. The maximum Gasteiger partial charge on any atom is 0.408 e. The Labute approximate surface area is 173 Å². The third kappa shape index (κ3) is 4.42. The van der Waals surface area contributed by atoms with E-state index in [9.17, 15) is 31.9 Å². The van der Waals surface area contributed by atoms with E-state index in [0.29, 0.717) is 32.0 Å². The van der Waals surface area contributed by atoms with Gasteiger partial charge in [-0.05, 0) is 44.0 Å². The van der Waals surface area contributed by atoms with Gasteiger partial charge in [0, 0.05) is 17.9 Å². The molecular formula is C20H16F4N4O3. The highest BCUT2D eigenvalue weighted by Gasteiger charge is 2.39. The number of aromatic nitrogens is 1. The van der Waals surface area contributed by atoms with Gasteiger partial charge in [0.15, 0.2) is 0 Å². The second-order valence-electron chi connectivity index (χ2n) is 6.97. The molecule has 1 aromatic carbocycles. The molecule has 0 bridgehead atoms. The predicted octanol–water partition coefficient (Wildman–Crippen LogP) is 2.95. The second-order valence-corrected chi connectivity index (χ2v) is 6.97. The minimum absolute atomic E-state index is 0.0698. The average Bonchev–Trinajstić information content (AvgIpc) is 3.30. The molecule has 0 spiro atoms. The Balaban J connectivity index is 1.85. The van der Waals surface area contributed by atoms with E-state index in [4.69, 9.17) is 5.26 Å². The summed E-state index contributed by atoms with van der Waals surface area (Å²) in [5.41, 5.74) is 0.207. The number of hydrogen-bond acceptors (Lipinski definition) is 4. The van der Waals surface area contributed by atoms with Crippen LogP contribution in [0.2, 0.25) is 0 Å². The number of rotatable bonds is 5. The van der Waals surface area contributed by atoms with E-state index in [1.54, 1.807) is 11.4 Å². The maximum atomic E-state index is 13.5. The van der Waals surface area contributed by atoms with Gasteiger partial charge in [0.05, 0.1) is 16.8 Å². The number of anilines is 1. The lowest BCUT2D eigenvalue weighted by Crippen LogP contribution is -2.46. The van der Waals surface area contributed by atoms with Crippen molar-refractivity contribution in [2.24, 2.45) is 0 Å². The van der Waals surface area contributed by atoms with Crippen LogP contribution < -0.4 is 10.6 Å². The summed E-state index contributed by atoms with van der Waals surface area (Å²) in [5, 5.41) is 13.0. The molecule has 0 saturated heterocycles. The molecule has 1 aliphatic heterocycles. The molecule has 162 valence electrons. The van der Waals surface area contributed by atoms with E-state index in [0.717, 1.165) is 18.2 Å². The molecule has 1 aliphatic rings. The number of benzene rings is 1. The fourth-order valence-electron chi connectivity index (χ4n) is 3.25. The number of alkyl halides is 3. The van der Waals surface area contributed by atoms with Crippen molar-refractivity contribution >= 4 is 23.3 Å². The summed E-state index contributed by atoms with van der Waals surface area (Å²) in [7, 11) is 0. The molecule has 2 heterocycles. The van der Waals surface area contributed by atoms with E-state index in [2.05, 4.69) is 5.32 Å². The van der Waals surface area contributed by atoms with Crippen LogP contribution in [-0.2, 0) is 17.8 Å². The van der Waals surface area contributed by atoms with Crippen LogP contribution in [0.1, 0.15) is 45.4 Å². The molecule has 0 radical (unpaired) electrons. The number of halogens is 4. The SMILES string of the molecule is CC(NC(=O)C(=O)c1cc(C(=O)Nc2ccc(F)c(C#N)c2)c2n1CCC2)C(F)(F)F. The van der Waals surface area contributed by atoms with Gasteiger partial charge in [0.1, 0.15) is 17.9 Å². The molecule has 31 heavy (non-hydrogen) atoms. The first-order chi connectivity index (χ1) is 14.5. The van der Waals surface area contributed by atoms with Crippen LogP contribution in [-0.4, -0.2) is 34.4 Å². The summed E-state index contributed by atoms with van der Waals surface area (Å²) in [5.74, 6) is -4.03. The molecule has 1 aromatic heterocycles. The molecule has 2 N–H and O–H groups in total. The summed E-state index contributed by atoms with van der Waals surface area (Å²) in [4.78, 5) is 37.2. The van der Waals surface area contributed by atoms with Crippen molar-refractivity contribution in [2.75, 3.05) is 5.32 Å². The lowest BCUT2D eigenvalue weighted by Gasteiger charge is -2.16. The number of Topliss-reactive ketones (excluding diaryl/α,β-unsaturated/α-hetero) is 1. The zero-order valence-corrected chi connectivity index (χ0v) is 16.1. The molecular weight excluding hydrogens is 420 g/mol. The minimum Gasteiger partial charge on any atom is -0.341 e. The Morgan fingerprint density at radius 3 is 2.58 bits per heavy atom. The Morgan fingerprint density at radius 1 is 1.23 bits per heavy atom. The highest BCUT2D eigenvalue weighted by Crippen LogP contribution is 2.26. The number of carbonyl (C=O) groups is 3. The van der Waals surface area contributed by atoms with Crippen molar-refractivity contribution in [3.8, 4) is 6.07 Å².